The van der Waals surface area contributed by atoms with Crippen LogP contribution in [0, 0.1) is 5.92 Å². The standard InChI is InChI=1S/C21H32N2O4/c1-15(2)27-13-12-26-11-10-22-21(25)19-8-9-20(23-14-19)18-6-4-17(5-7-18)16(3)24/h8-9,14-15,17-18H,4-7,10-13H2,1-3H3,(H,22,25). The molecule has 1 aromatic rings. The number of ketones is 1. The van der Waals surface area contributed by atoms with Crippen molar-refractivity contribution in [1.29, 1.82) is 0 Å². The number of nitrogens with zero attached hydrogens (tertiary/aromatic N) is 1. The van der Waals surface area contributed by atoms with Crippen LogP contribution in [0.5, 0.6) is 0 Å². The van der Waals surface area contributed by atoms with Crippen molar-refractivity contribution >= 4 is 11.7 Å². The first-order valence-electron chi connectivity index (χ1n) is 9.91. The van der Waals surface area contributed by atoms with Gasteiger partial charge in [-0.2, -0.15) is 0 Å². The van der Waals surface area contributed by atoms with Crippen LogP contribution < -0.4 is 5.32 Å². The maximum absolute atomic E-state index is 12.2. The number of nitrogens with one attached hydrogen (secondary N) is 1. The van der Waals surface area contributed by atoms with Gasteiger partial charge in [-0.25, -0.2) is 0 Å². The molecule has 0 unspecified atom stereocenters. The van der Waals surface area contributed by atoms with Crippen LogP contribution in [0.4, 0.5) is 0 Å². The minimum absolute atomic E-state index is 0.142. The molecule has 1 saturated carbocycles. The summed E-state index contributed by atoms with van der Waals surface area (Å²) < 4.78 is 10.8. The van der Waals surface area contributed by atoms with Crippen LogP contribution >= 0.6 is 0 Å². The normalized spacial score (nSPS) is 19.9. The number of Topliss-reactive ketones (excluding diaryl/α,β-unsaturated/α-hetero) is 1. The summed E-state index contributed by atoms with van der Waals surface area (Å²) in [5.41, 5.74) is 1.57. The summed E-state index contributed by atoms with van der Waals surface area (Å²) in [5.74, 6) is 0.755. The second kappa shape index (κ2) is 11.1. The van der Waals surface area contributed by atoms with Gasteiger partial charge in [-0.1, -0.05) is 0 Å². The molecule has 1 aliphatic carbocycles. The number of rotatable bonds is 10. The van der Waals surface area contributed by atoms with Gasteiger partial charge in [0.05, 0.1) is 31.5 Å². The number of carbonyl (C=O) groups excluding carboxylic acids is 2. The highest BCUT2D eigenvalue weighted by atomic mass is 16.5. The SMILES string of the molecule is CC(=O)C1CCC(c2ccc(C(=O)NCCOCCOC(C)C)cn2)CC1. The van der Waals surface area contributed by atoms with Gasteiger partial charge in [-0.05, 0) is 58.6 Å². The number of carbonyl (C=O) groups is 2. The van der Waals surface area contributed by atoms with Crippen molar-refractivity contribution in [3.8, 4) is 0 Å². The van der Waals surface area contributed by atoms with E-state index in [1.807, 2.05) is 26.0 Å². The third kappa shape index (κ3) is 7.39. The van der Waals surface area contributed by atoms with Crippen LogP contribution in [0.25, 0.3) is 0 Å². The predicted octanol–water partition coefficient (Wildman–Crippen LogP) is 3.12. The minimum atomic E-state index is -0.142. The molecule has 0 aromatic carbocycles. The van der Waals surface area contributed by atoms with Gasteiger partial charge in [-0.15, -0.1) is 0 Å². The van der Waals surface area contributed by atoms with Crippen LogP contribution in [0.15, 0.2) is 18.3 Å². The molecule has 0 radical (unpaired) electrons. The summed E-state index contributed by atoms with van der Waals surface area (Å²) in [6.45, 7) is 7.64. The van der Waals surface area contributed by atoms with Crippen molar-refractivity contribution in [2.24, 2.45) is 5.92 Å². The van der Waals surface area contributed by atoms with E-state index in [9.17, 15) is 9.59 Å². The molecule has 1 N–H and O–H groups in total. The van der Waals surface area contributed by atoms with Crippen molar-refractivity contribution in [2.75, 3.05) is 26.4 Å². The van der Waals surface area contributed by atoms with E-state index in [0.717, 1.165) is 31.4 Å². The summed E-state index contributed by atoms with van der Waals surface area (Å²) in [5, 5.41) is 2.83. The molecule has 150 valence electrons. The van der Waals surface area contributed by atoms with Crippen molar-refractivity contribution in [1.82, 2.24) is 10.3 Å². The average molecular weight is 376 g/mol. The minimum Gasteiger partial charge on any atom is -0.377 e. The van der Waals surface area contributed by atoms with Gasteiger partial charge in [0.2, 0.25) is 0 Å². The van der Waals surface area contributed by atoms with Crippen LogP contribution in [0.1, 0.15) is 68.4 Å². The van der Waals surface area contributed by atoms with Crippen molar-refractivity contribution in [3.63, 3.8) is 0 Å². The zero-order chi connectivity index (χ0) is 19.6. The first-order valence-corrected chi connectivity index (χ1v) is 9.91. The zero-order valence-electron chi connectivity index (χ0n) is 16.7. The molecule has 1 aromatic heterocycles. The highest BCUT2D eigenvalue weighted by molar-refractivity contribution is 5.93. The Morgan fingerprint density at radius 2 is 1.89 bits per heavy atom. The fraction of sp³-hybridized carbons (Fsp3) is 0.667. The smallest absolute Gasteiger partial charge is 0.252 e. The number of pyridine rings is 1. The zero-order valence-corrected chi connectivity index (χ0v) is 16.7. The topological polar surface area (TPSA) is 77.5 Å². The summed E-state index contributed by atoms with van der Waals surface area (Å²) in [6, 6.07) is 3.76. The quantitative estimate of drug-likeness (QED) is 0.635. The Bertz CT molecular complexity index is 593. The number of hydrogen-bond acceptors (Lipinski definition) is 5. The van der Waals surface area contributed by atoms with Crippen molar-refractivity contribution in [2.45, 2.75) is 58.5 Å². The van der Waals surface area contributed by atoms with E-state index in [-0.39, 0.29) is 17.9 Å². The Hall–Kier alpha value is -1.79. The van der Waals surface area contributed by atoms with Gasteiger partial charge in [0.25, 0.3) is 5.91 Å². The molecule has 0 atom stereocenters. The Balaban J connectivity index is 1.68. The lowest BCUT2D eigenvalue weighted by Crippen LogP contribution is -2.28. The van der Waals surface area contributed by atoms with E-state index in [1.54, 1.807) is 13.1 Å². The van der Waals surface area contributed by atoms with Crippen molar-refractivity contribution < 1.29 is 19.1 Å². The second-order valence-corrected chi connectivity index (χ2v) is 7.42. The second-order valence-electron chi connectivity index (χ2n) is 7.42. The molecule has 27 heavy (non-hydrogen) atoms. The molecule has 6 nitrogen and oxygen atoms in total. The average Bonchev–Trinajstić information content (AvgIpc) is 2.67. The van der Waals surface area contributed by atoms with Gasteiger partial charge >= 0.3 is 0 Å². The summed E-state index contributed by atoms with van der Waals surface area (Å²) in [7, 11) is 0. The third-order valence-corrected chi connectivity index (χ3v) is 4.98. The van der Waals surface area contributed by atoms with E-state index >= 15 is 0 Å². The highest BCUT2D eigenvalue weighted by Crippen LogP contribution is 2.35. The van der Waals surface area contributed by atoms with Gasteiger partial charge in [-0.3, -0.25) is 14.6 Å². The first kappa shape index (κ1) is 21.5. The van der Waals surface area contributed by atoms with Crippen LogP contribution in [-0.4, -0.2) is 49.1 Å². The summed E-state index contributed by atoms with van der Waals surface area (Å²) in [4.78, 5) is 28.1. The first-order chi connectivity index (χ1) is 13.0. The number of amides is 1. The lowest BCUT2D eigenvalue weighted by atomic mass is 9.79. The molecule has 0 spiro atoms. The van der Waals surface area contributed by atoms with Gasteiger partial charge in [0, 0.05) is 30.3 Å². The van der Waals surface area contributed by atoms with E-state index in [4.69, 9.17) is 9.47 Å². The van der Waals surface area contributed by atoms with Crippen molar-refractivity contribution in [3.05, 3.63) is 29.6 Å². The molecular formula is C21H32N2O4. The Labute approximate surface area is 162 Å². The van der Waals surface area contributed by atoms with E-state index in [1.165, 1.54) is 0 Å². The number of aromatic nitrogens is 1. The fourth-order valence-electron chi connectivity index (χ4n) is 3.36. The van der Waals surface area contributed by atoms with Crippen LogP contribution in [0.3, 0.4) is 0 Å². The summed E-state index contributed by atoms with van der Waals surface area (Å²) in [6.07, 6.45) is 5.69. The van der Waals surface area contributed by atoms with E-state index in [0.29, 0.717) is 43.6 Å². The highest BCUT2D eigenvalue weighted by Gasteiger charge is 2.25. The molecule has 6 heteroatoms. The summed E-state index contributed by atoms with van der Waals surface area (Å²) >= 11 is 0. The van der Waals surface area contributed by atoms with E-state index in [2.05, 4.69) is 10.3 Å². The van der Waals surface area contributed by atoms with Gasteiger partial charge in [0.1, 0.15) is 5.78 Å². The largest absolute Gasteiger partial charge is 0.377 e. The molecule has 0 aliphatic heterocycles. The molecule has 1 amide bonds. The number of ether oxygens (including phenoxy) is 2. The van der Waals surface area contributed by atoms with E-state index < -0.39 is 0 Å². The van der Waals surface area contributed by atoms with Crippen LogP contribution in [0.2, 0.25) is 0 Å². The van der Waals surface area contributed by atoms with Gasteiger partial charge in [0.15, 0.2) is 0 Å². The molecule has 0 saturated heterocycles. The molecule has 1 heterocycles. The Morgan fingerprint density at radius 1 is 1.15 bits per heavy atom. The number of hydrogen-bond donors (Lipinski definition) is 1. The monoisotopic (exact) mass is 376 g/mol. The lowest BCUT2D eigenvalue weighted by Gasteiger charge is -2.26. The maximum atomic E-state index is 12.2. The Morgan fingerprint density at radius 3 is 2.48 bits per heavy atom. The molecule has 1 fully saturated rings. The van der Waals surface area contributed by atoms with Gasteiger partial charge < -0.3 is 14.8 Å². The lowest BCUT2D eigenvalue weighted by molar-refractivity contribution is -0.121. The Kier molecular flexibility index (Phi) is 8.88. The van der Waals surface area contributed by atoms with Crippen LogP contribution in [-0.2, 0) is 14.3 Å². The molecule has 0 bridgehead atoms. The third-order valence-electron chi connectivity index (χ3n) is 4.98. The predicted molar refractivity (Wildman–Crippen MR) is 104 cm³/mol. The maximum Gasteiger partial charge on any atom is 0.252 e. The molecule has 1 aliphatic rings. The molecule has 2 rings (SSSR count). The fourth-order valence-corrected chi connectivity index (χ4v) is 3.36. The molecular weight excluding hydrogens is 344 g/mol.